The highest BCUT2D eigenvalue weighted by Crippen LogP contribution is 2.37. The van der Waals surface area contributed by atoms with E-state index in [0.29, 0.717) is 27.0 Å². The lowest BCUT2D eigenvalue weighted by Crippen LogP contribution is -2.07. The fraction of sp³-hybridized carbons (Fsp3) is 0.176. The molecule has 0 aliphatic heterocycles. The third-order valence-electron chi connectivity index (χ3n) is 3.00. The molecule has 0 fully saturated rings. The number of rotatable bonds is 4. The van der Waals surface area contributed by atoms with Crippen molar-refractivity contribution in [3.05, 3.63) is 57.6 Å². The lowest BCUT2D eigenvalue weighted by molar-refractivity contribution is -0.137. The molecule has 0 amide bonds. The lowest BCUT2D eigenvalue weighted by Gasteiger charge is -2.07. The maximum atomic E-state index is 12.7. The summed E-state index contributed by atoms with van der Waals surface area (Å²) < 4.78 is 38.1. The molecule has 0 aliphatic rings. The van der Waals surface area contributed by atoms with Crippen molar-refractivity contribution in [3.8, 4) is 0 Å². The highest BCUT2D eigenvalue weighted by molar-refractivity contribution is 6.39. The van der Waals surface area contributed by atoms with Gasteiger partial charge in [0, 0.05) is 20.3 Å². The molecule has 2 aromatic carbocycles. The van der Waals surface area contributed by atoms with Crippen molar-refractivity contribution in [2.45, 2.75) is 6.18 Å². The minimum Gasteiger partial charge on any atom is -0.369 e. The number of nitrogens with zero attached hydrogens (tertiary/aromatic N) is 3. The van der Waals surface area contributed by atoms with Gasteiger partial charge in [-0.1, -0.05) is 35.3 Å². The highest BCUT2D eigenvalue weighted by Gasteiger charge is 2.30. The Hall–Kier alpha value is -2.05. The van der Waals surface area contributed by atoms with E-state index in [0.717, 1.165) is 12.1 Å². The molecular weight excluding hydrogens is 374 g/mol. The molecule has 0 unspecified atom stereocenters. The summed E-state index contributed by atoms with van der Waals surface area (Å²) in [6, 6.07) is 7.95. The third kappa shape index (κ3) is 5.47. The molecule has 0 spiro atoms. The zero-order chi connectivity index (χ0) is 18.6. The molecule has 3 nitrogen and oxygen atoms in total. The average molecular weight is 388 g/mol. The van der Waals surface area contributed by atoms with Gasteiger partial charge in [-0.15, -0.1) is 0 Å². The van der Waals surface area contributed by atoms with Gasteiger partial charge in [-0.05, 0) is 29.8 Å². The van der Waals surface area contributed by atoms with E-state index in [1.165, 1.54) is 18.3 Å². The Balaban J connectivity index is 2.28. The van der Waals surface area contributed by atoms with Crippen molar-refractivity contribution in [2.75, 3.05) is 14.1 Å². The second kappa shape index (κ2) is 7.89. The van der Waals surface area contributed by atoms with Crippen LogP contribution in [0.4, 0.5) is 24.5 Å². The van der Waals surface area contributed by atoms with E-state index < -0.39 is 11.7 Å². The van der Waals surface area contributed by atoms with E-state index >= 15 is 0 Å². The summed E-state index contributed by atoms with van der Waals surface area (Å²) in [4.78, 5) is 10.0. The molecular formula is C17H14Cl2F3N3. The second-order valence-corrected chi connectivity index (χ2v) is 6.16. The molecule has 2 rings (SSSR count). The molecule has 0 heterocycles. The van der Waals surface area contributed by atoms with Crippen molar-refractivity contribution in [1.82, 2.24) is 4.90 Å². The van der Waals surface area contributed by atoms with Crippen LogP contribution in [0.25, 0.3) is 0 Å². The van der Waals surface area contributed by atoms with Gasteiger partial charge in [0.15, 0.2) is 0 Å². The van der Waals surface area contributed by atoms with Gasteiger partial charge in [0.1, 0.15) is 5.69 Å². The third-order valence-corrected chi connectivity index (χ3v) is 3.57. The van der Waals surface area contributed by atoms with Crippen molar-refractivity contribution in [2.24, 2.45) is 9.98 Å². The summed E-state index contributed by atoms with van der Waals surface area (Å²) in [5, 5.41) is 0.587. The number of benzene rings is 2. The standard InChI is InChI=1S/C17H14Cl2F3N3/c1-25(2)10-24-16-14(18)7-13(8-15(16)19)23-9-11-4-3-5-12(6-11)17(20,21)22/h3-10H,1-2H3/b23-9+,24-10-. The largest absolute Gasteiger partial charge is 0.416 e. The monoisotopic (exact) mass is 387 g/mol. The molecule has 8 heteroatoms. The number of hydrogen-bond donors (Lipinski definition) is 0. The summed E-state index contributed by atoms with van der Waals surface area (Å²) in [6.45, 7) is 0. The smallest absolute Gasteiger partial charge is 0.369 e. The molecule has 0 radical (unpaired) electrons. The molecule has 0 bridgehead atoms. The number of aliphatic imine (C=N–C) groups is 2. The second-order valence-electron chi connectivity index (χ2n) is 5.35. The molecule has 132 valence electrons. The van der Waals surface area contributed by atoms with Crippen LogP contribution >= 0.6 is 23.2 Å². The van der Waals surface area contributed by atoms with E-state index in [9.17, 15) is 13.2 Å². The fourth-order valence-electron chi connectivity index (χ4n) is 1.87. The fourth-order valence-corrected chi connectivity index (χ4v) is 2.44. The van der Waals surface area contributed by atoms with Gasteiger partial charge in [0.25, 0.3) is 0 Å². The maximum absolute atomic E-state index is 12.7. The van der Waals surface area contributed by atoms with Crippen molar-refractivity contribution < 1.29 is 13.2 Å². The Morgan fingerprint density at radius 3 is 2.20 bits per heavy atom. The SMILES string of the molecule is CN(C)/C=N\c1c(Cl)cc(/N=C/c2cccc(C(F)(F)F)c2)cc1Cl. The average Bonchev–Trinajstić information content (AvgIpc) is 2.51. The lowest BCUT2D eigenvalue weighted by atomic mass is 10.1. The summed E-state index contributed by atoms with van der Waals surface area (Å²) in [7, 11) is 3.61. The minimum atomic E-state index is -4.40. The Kier molecular flexibility index (Phi) is 6.08. The normalized spacial score (nSPS) is 12.3. The van der Waals surface area contributed by atoms with Crippen molar-refractivity contribution in [3.63, 3.8) is 0 Å². The quantitative estimate of drug-likeness (QED) is 0.468. The van der Waals surface area contributed by atoms with E-state index in [4.69, 9.17) is 23.2 Å². The molecule has 0 atom stereocenters. The van der Waals surface area contributed by atoms with Crippen LogP contribution in [-0.4, -0.2) is 31.5 Å². The molecule has 0 N–H and O–H groups in total. The molecule has 2 aromatic rings. The van der Waals surface area contributed by atoms with Crippen molar-refractivity contribution in [1.29, 1.82) is 0 Å². The van der Waals surface area contributed by atoms with E-state index in [1.807, 2.05) is 0 Å². The summed E-state index contributed by atoms with van der Waals surface area (Å²) in [5.74, 6) is 0. The van der Waals surface area contributed by atoms with Gasteiger partial charge in [-0.25, -0.2) is 4.99 Å². The zero-order valence-electron chi connectivity index (χ0n) is 13.4. The molecule has 0 saturated carbocycles. The van der Waals surface area contributed by atoms with E-state index in [1.54, 1.807) is 37.5 Å². The first-order valence-electron chi connectivity index (χ1n) is 7.08. The first kappa shape index (κ1) is 19.3. The maximum Gasteiger partial charge on any atom is 0.416 e. The molecule has 0 aromatic heterocycles. The van der Waals surface area contributed by atoms with Crippen LogP contribution < -0.4 is 0 Å². The van der Waals surface area contributed by atoms with Crippen LogP contribution in [0.5, 0.6) is 0 Å². The molecule has 0 saturated heterocycles. The van der Waals surface area contributed by atoms with Gasteiger partial charge in [0.05, 0.1) is 27.6 Å². The zero-order valence-corrected chi connectivity index (χ0v) is 14.9. The van der Waals surface area contributed by atoms with Gasteiger partial charge >= 0.3 is 6.18 Å². The summed E-state index contributed by atoms with van der Waals surface area (Å²) in [6.07, 6.45) is -1.53. The predicted molar refractivity (Wildman–Crippen MR) is 97.0 cm³/mol. The topological polar surface area (TPSA) is 28.0 Å². The molecule has 0 aliphatic carbocycles. The first-order valence-corrected chi connectivity index (χ1v) is 7.83. The van der Waals surface area contributed by atoms with E-state index in [2.05, 4.69) is 9.98 Å². The van der Waals surface area contributed by atoms with Crippen LogP contribution in [0.3, 0.4) is 0 Å². The highest BCUT2D eigenvalue weighted by atomic mass is 35.5. The number of alkyl halides is 3. The van der Waals surface area contributed by atoms with Crippen LogP contribution in [0.15, 0.2) is 46.4 Å². The molecule has 25 heavy (non-hydrogen) atoms. The van der Waals surface area contributed by atoms with Crippen LogP contribution in [0.2, 0.25) is 10.0 Å². The number of halogens is 5. The Morgan fingerprint density at radius 1 is 1.00 bits per heavy atom. The van der Waals surface area contributed by atoms with Gasteiger partial charge in [-0.3, -0.25) is 4.99 Å². The Labute approximate surface area is 153 Å². The predicted octanol–water partition coefficient (Wildman–Crippen LogP) is 5.98. The summed E-state index contributed by atoms with van der Waals surface area (Å²) in [5.41, 5.74) is 0.393. The van der Waals surface area contributed by atoms with Gasteiger partial charge in [0.2, 0.25) is 0 Å². The van der Waals surface area contributed by atoms with Crippen LogP contribution in [-0.2, 0) is 6.18 Å². The van der Waals surface area contributed by atoms with Gasteiger partial charge in [-0.2, -0.15) is 13.2 Å². The Morgan fingerprint density at radius 2 is 1.64 bits per heavy atom. The van der Waals surface area contributed by atoms with E-state index in [-0.39, 0.29) is 0 Å². The summed E-state index contributed by atoms with van der Waals surface area (Å²) >= 11 is 12.3. The van der Waals surface area contributed by atoms with Gasteiger partial charge < -0.3 is 4.90 Å². The van der Waals surface area contributed by atoms with Crippen LogP contribution in [0, 0.1) is 0 Å². The minimum absolute atomic E-state index is 0.293. The first-order chi connectivity index (χ1) is 11.7. The Bertz CT molecular complexity index is 792. The van der Waals surface area contributed by atoms with Crippen molar-refractivity contribution >= 4 is 47.1 Å². The van der Waals surface area contributed by atoms with Crippen LogP contribution in [0.1, 0.15) is 11.1 Å². The number of hydrogen-bond acceptors (Lipinski definition) is 2.